The van der Waals surface area contributed by atoms with Crippen molar-refractivity contribution in [2.45, 2.75) is 45.3 Å². The van der Waals surface area contributed by atoms with E-state index in [4.69, 9.17) is 16.3 Å². The molecular weight excluding hydrogens is 328 g/mol. The number of ether oxygens (including phenoxy) is 1. The van der Waals surface area contributed by atoms with Crippen molar-refractivity contribution in [2.24, 2.45) is 5.92 Å². The summed E-state index contributed by atoms with van der Waals surface area (Å²) in [6.45, 7) is 3.82. The zero-order valence-corrected chi connectivity index (χ0v) is 14.5. The molecule has 1 fully saturated rings. The summed E-state index contributed by atoms with van der Waals surface area (Å²) >= 11 is 5.93. The second-order valence-corrected chi connectivity index (χ2v) is 6.91. The fourth-order valence-electron chi connectivity index (χ4n) is 3.36. The topological polar surface area (TPSA) is 67.4 Å². The number of carbonyl (C=O) groups is 2. The van der Waals surface area contributed by atoms with Gasteiger partial charge in [0, 0.05) is 10.7 Å². The Hall–Kier alpha value is -2.01. The van der Waals surface area contributed by atoms with Gasteiger partial charge in [-0.25, -0.2) is 9.59 Å². The average molecular weight is 349 g/mol. The molecule has 0 bridgehead atoms. The van der Waals surface area contributed by atoms with E-state index in [1.54, 1.807) is 31.2 Å². The van der Waals surface area contributed by atoms with Crippen LogP contribution in [-0.2, 0) is 9.53 Å². The van der Waals surface area contributed by atoms with E-state index in [2.05, 4.69) is 17.6 Å². The Morgan fingerprint density at radius 2 is 1.96 bits per heavy atom. The number of nitrogens with one attached hydrogen (secondary N) is 2. The number of esters is 1. The van der Waals surface area contributed by atoms with Crippen LogP contribution in [-0.4, -0.2) is 18.1 Å². The number of benzene rings is 1. The lowest BCUT2D eigenvalue weighted by Gasteiger charge is -2.29. The molecule has 2 amide bonds. The van der Waals surface area contributed by atoms with Crippen molar-refractivity contribution in [2.75, 3.05) is 0 Å². The van der Waals surface area contributed by atoms with Crippen molar-refractivity contribution >= 4 is 23.6 Å². The first-order valence-corrected chi connectivity index (χ1v) is 8.58. The highest BCUT2D eigenvalue weighted by Crippen LogP contribution is 2.32. The van der Waals surface area contributed by atoms with Gasteiger partial charge in [0.2, 0.25) is 0 Å². The number of rotatable bonds is 3. The summed E-state index contributed by atoms with van der Waals surface area (Å²) in [4.78, 5) is 24.6. The first kappa shape index (κ1) is 16.8. The van der Waals surface area contributed by atoms with E-state index in [-0.39, 0.29) is 18.1 Å². The maximum absolute atomic E-state index is 12.8. The zero-order chi connectivity index (χ0) is 17.3. The maximum atomic E-state index is 12.8. The molecule has 24 heavy (non-hydrogen) atoms. The summed E-state index contributed by atoms with van der Waals surface area (Å²) in [7, 11) is 0. The summed E-state index contributed by atoms with van der Waals surface area (Å²) in [5, 5.41) is 6.06. The molecule has 3 atom stereocenters. The highest BCUT2D eigenvalue weighted by molar-refractivity contribution is 6.30. The molecule has 2 aliphatic rings. The highest BCUT2D eigenvalue weighted by Gasteiger charge is 2.35. The van der Waals surface area contributed by atoms with Crippen LogP contribution >= 0.6 is 11.6 Å². The van der Waals surface area contributed by atoms with Gasteiger partial charge in [0.05, 0.1) is 11.6 Å². The molecule has 0 aromatic heterocycles. The number of carbonyl (C=O) groups excluding carboxylic acids is 2. The van der Waals surface area contributed by atoms with Crippen molar-refractivity contribution in [1.29, 1.82) is 0 Å². The van der Waals surface area contributed by atoms with E-state index >= 15 is 0 Å². The first-order valence-electron chi connectivity index (χ1n) is 8.20. The van der Waals surface area contributed by atoms with Crippen molar-refractivity contribution in [3.05, 3.63) is 46.1 Å². The molecule has 1 aromatic rings. The van der Waals surface area contributed by atoms with Gasteiger partial charge < -0.3 is 15.4 Å². The summed E-state index contributed by atoms with van der Waals surface area (Å²) in [6, 6.07) is 6.21. The van der Waals surface area contributed by atoms with Gasteiger partial charge in [-0.1, -0.05) is 30.7 Å². The lowest BCUT2D eigenvalue weighted by Crippen LogP contribution is -2.45. The van der Waals surface area contributed by atoms with Crippen LogP contribution in [0.1, 0.15) is 44.7 Å². The number of amides is 2. The van der Waals surface area contributed by atoms with E-state index < -0.39 is 6.04 Å². The molecule has 0 unspecified atom stereocenters. The number of urea groups is 1. The molecule has 128 valence electrons. The van der Waals surface area contributed by atoms with Crippen LogP contribution in [0.4, 0.5) is 4.79 Å². The van der Waals surface area contributed by atoms with Crippen molar-refractivity contribution in [3.8, 4) is 0 Å². The molecule has 1 saturated carbocycles. The monoisotopic (exact) mass is 348 g/mol. The minimum atomic E-state index is -0.541. The van der Waals surface area contributed by atoms with Crippen molar-refractivity contribution in [3.63, 3.8) is 0 Å². The second-order valence-electron chi connectivity index (χ2n) is 6.47. The van der Waals surface area contributed by atoms with E-state index in [1.807, 2.05) is 0 Å². The molecule has 0 radical (unpaired) electrons. The van der Waals surface area contributed by atoms with Crippen LogP contribution in [0, 0.1) is 5.92 Å². The highest BCUT2D eigenvalue weighted by atomic mass is 35.5. The molecular formula is C18H21ClN2O3. The molecule has 0 spiro atoms. The van der Waals surface area contributed by atoms with Crippen molar-refractivity contribution < 1.29 is 14.3 Å². The smallest absolute Gasteiger partial charge is 0.338 e. The lowest BCUT2D eigenvalue weighted by molar-refractivity contribution is -0.146. The standard InChI is InChI=1S/C18H21ClN2O3/c1-10-4-3-5-14(10)24-17(22)15-11(2)20-18(23)21-16(15)12-6-8-13(19)9-7-12/h6-10,14,16H,3-5H2,1-2H3,(H2,20,21,23)/t10-,14+,16-/m0/s1. The third-order valence-electron chi connectivity index (χ3n) is 4.73. The van der Waals surface area contributed by atoms with Crippen LogP contribution in [0.25, 0.3) is 0 Å². The van der Waals surface area contributed by atoms with Gasteiger partial charge in [-0.3, -0.25) is 0 Å². The number of halogens is 1. The van der Waals surface area contributed by atoms with Gasteiger partial charge in [-0.2, -0.15) is 0 Å². The summed E-state index contributed by atoms with van der Waals surface area (Å²) in [5.74, 6) is -0.00585. The molecule has 1 aliphatic heterocycles. The summed E-state index contributed by atoms with van der Waals surface area (Å²) in [5.41, 5.74) is 1.75. The number of hydrogen-bond donors (Lipinski definition) is 2. The average Bonchev–Trinajstić information content (AvgIpc) is 2.92. The Balaban J connectivity index is 1.88. The Kier molecular flexibility index (Phi) is 4.81. The molecule has 5 nitrogen and oxygen atoms in total. The zero-order valence-electron chi connectivity index (χ0n) is 13.8. The molecule has 1 aliphatic carbocycles. The number of allylic oxidation sites excluding steroid dienone is 1. The van der Waals surface area contributed by atoms with Gasteiger partial charge >= 0.3 is 12.0 Å². The molecule has 2 N–H and O–H groups in total. The number of hydrogen-bond acceptors (Lipinski definition) is 3. The van der Waals surface area contributed by atoms with Gasteiger partial charge in [-0.15, -0.1) is 0 Å². The van der Waals surface area contributed by atoms with Crippen LogP contribution in [0.5, 0.6) is 0 Å². The fourth-order valence-corrected chi connectivity index (χ4v) is 3.48. The Bertz CT molecular complexity index is 684. The third-order valence-corrected chi connectivity index (χ3v) is 4.99. The van der Waals surface area contributed by atoms with E-state index in [0.29, 0.717) is 22.2 Å². The molecule has 1 aromatic carbocycles. The Morgan fingerprint density at radius 3 is 2.58 bits per heavy atom. The predicted molar refractivity (Wildman–Crippen MR) is 91.5 cm³/mol. The van der Waals surface area contributed by atoms with Crippen LogP contribution in [0.2, 0.25) is 5.02 Å². The molecule has 6 heteroatoms. The van der Waals surface area contributed by atoms with E-state index in [0.717, 1.165) is 24.8 Å². The summed E-state index contributed by atoms with van der Waals surface area (Å²) in [6.07, 6.45) is 2.99. The van der Waals surface area contributed by atoms with Gasteiger partial charge in [-0.05, 0) is 49.8 Å². The normalized spacial score (nSPS) is 26.8. The Morgan fingerprint density at radius 1 is 1.25 bits per heavy atom. The Labute approximate surface area is 146 Å². The van der Waals surface area contributed by atoms with Gasteiger partial charge in [0.25, 0.3) is 0 Å². The largest absolute Gasteiger partial charge is 0.459 e. The van der Waals surface area contributed by atoms with Gasteiger partial charge in [0.1, 0.15) is 6.10 Å². The summed E-state index contributed by atoms with van der Waals surface area (Å²) < 4.78 is 5.73. The van der Waals surface area contributed by atoms with Crippen LogP contribution in [0.15, 0.2) is 35.5 Å². The minimum Gasteiger partial charge on any atom is -0.459 e. The first-order chi connectivity index (χ1) is 11.5. The van der Waals surface area contributed by atoms with Gasteiger partial charge in [0.15, 0.2) is 0 Å². The van der Waals surface area contributed by atoms with E-state index in [1.165, 1.54) is 0 Å². The van der Waals surface area contributed by atoms with Crippen molar-refractivity contribution in [1.82, 2.24) is 10.6 Å². The quantitative estimate of drug-likeness (QED) is 0.818. The van der Waals surface area contributed by atoms with E-state index in [9.17, 15) is 9.59 Å². The molecule has 1 heterocycles. The molecule has 3 rings (SSSR count). The lowest BCUT2D eigenvalue weighted by atomic mass is 9.95. The SMILES string of the molecule is CC1=C(C(=O)O[C@@H]2CCC[C@@H]2C)[C@H](c2ccc(Cl)cc2)NC(=O)N1. The minimum absolute atomic E-state index is 0.0544. The third kappa shape index (κ3) is 3.41. The fraction of sp³-hybridized carbons (Fsp3) is 0.444. The van der Waals surface area contributed by atoms with Crippen LogP contribution in [0.3, 0.4) is 0 Å². The second kappa shape index (κ2) is 6.85. The maximum Gasteiger partial charge on any atom is 0.338 e. The van der Waals surface area contributed by atoms with Crippen LogP contribution < -0.4 is 10.6 Å². The predicted octanol–water partition coefficient (Wildman–Crippen LogP) is 3.70. The molecule has 0 saturated heterocycles.